The van der Waals surface area contributed by atoms with Crippen LogP contribution in [-0.2, 0) is 4.74 Å². The van der Waals surface area contributed by atoms with Crippen LogP contribution in [0.1, 0.15) is 27.0 Å². The van der Waals surface area contributed by atoms with Gasteiger partial charge in [-0.15, -0.1) is 11.3 Å². The summed E-state index contributed by atoms with van der Waals surface area (Å²) < 4.78 is 4.99. The van der Waals surface area contributed by atoms with E-state index in [1.54, 1.807) is 37.3 Å². The number of carbonyl (C=O) groups excluding carboxylic acids is 2. The van der Waals surface area contributed by atoms with Gasteiger partial charge in [-0.25, -0.2) is 4.79 Å². The first-order chi connectivity index (χ1) is 10.2. The van der Waals surface area contributed by atoms with Crippen LogP contribution in [0.5, 0.6) is 0 Å². The molecule has 2 aromatic rings. The van der Waals surface area contributed by atoms with Crippen LogP contribution in [0.2, 0.25) is 0 Å². The molecular formula is C16H15NO3S. The first-order valence-corrected chi connectivity index (χ1v) is 7.37. The van der Waals surface area contributed by atoms with Crippen molar-refractivity contribution in [3.63, 3.8) is 0 Å². The van der Waals surface area contributed by atoms with Gasteiger partial charge in [-0.2, -0.15) is 0 Å². The average Bonchev–Trinajstić information content (AvgIpc) is 3.02. The second-order valence-electron chi connectivity index (χ2n) is 4.09. The summed E-state index contributed by atoms with van der Waals surface area (Å²) in [6.07, 6.45) is 2.97. The van der Waals surface area contributed by atoms with E-state index >= 15 is 0 Å². The molecule has 1 aromatic carbocycles. The maximum absolute atomic E-state index is 11.8. The van der Waals surface area contributed by atoms with Crippen molar-refractivity contribution in [1.82, 2.24) is 0 Å². The van der Waals surface area contributed by atoms with Crippen LogP contribution in [-0.4, -0.2) is 18.4 Å². The summed E-state index contributed by atoms with van der Waals surface area (Å²) in [7, 11) is 0. The van der Waals surface area contributed by atoms with Crippen LogP contribution >= 0.6 is 11.3 Å². The number of benzene rings is 1. The molecule has 0 aliphatic rings. The summed E-state index contributed by atoms with van der Waals surface area (Å²) in [5, 5.41) is 4.80. The Morgan fingerprint density at radius 2 is 2.05 bits per heavy atom. The molecule has 0 bridgehead atoms. The quantitative estimate of drug-likeness (QED) is 0.502. The molecular weight excluding hydrogens is 286 g/mol. The maximum Gasteiger partial charge on any atom is 0.340 e. The van der Waals surface area contributed by atoms with E-state index in [1.165, 1.54) is 23.6 Å². The van der Waals surface area contributed by atoms with Crippen LogP contribution in [0.3, 0.4) is 0 Å². The van der Waals surface area contributed by atoms with Gasteiger partial charge in [-0.05, 0) is 30.5 Å². The predicted molar refractivity (Wildman–Crippen MR) is 83.8 cm³/mol. The van der Waals surface area contributed by atoms with Crippen molar-refractivity contribution in [2.45, 2.75) is 6.92 Å². The van der Waals surface area contributed by atoms with Crippen LogP contribution < -0.4 is 5.32 Å². The number of hydrogen-bond donors (Lipinski definition) is 1. The van der Waals surface area contributed by atoms with Crippen molar-refractivity contribution in [3.05, 3.63) is 64.5 Å². The summed E-state index contributed by atoms with van der Waals surface area (Å²) in [4.78, 5) is 24.3. The summed E-state index contributed by atoms with van der Waals surface area (Å²) in [6.45, 7) is 2.08. The highest BCUT2D eigenvalue weighted by Gasteiger charge is 2.10. The molecule has 21 heavy (non-hydrogen) atoms. The molecule has 2 rings (SSSR count). The van der Waals surface area contributed by atoms with E-state index in [0.717, 1.165) is 0 Å². The van der Waals surface area contributed by atoms with E-state index in [4.69, 9.17) is 4.74 Å². The van der Waals surface area contributed by atoms with E-state index in [-0.39, 0.29) is 5.78 Å². The first kappa shape index (κ1) is 15.0. The van der Waals surface area contributed by atoms with E-state index in [1.807, 2.05) is 11.4 Å². The second kappa shape index (κ2) is 7.40. The normalized spacial score (nSPS) is 10.5. The lowest BCUT2D eigenvalue weighted by Gasteiger charge is -2.07. The molecule has 0 amide bonds. The van der Waals surface area contributed by atoms with Gasteiger partial charge in [0.2, 0.25) is 0 Å². The smallest absolute Gasteiger partial charge is 0.340 e. The number of carbonyl (C=O) groups is 2. The van der Waals surface area contributed by atoms with Gasteiger partial charge in [0, 0.05) is 12.3 Å². The van der Waals surface area contributed by atoms with Crippen molar-refractivity contribution in [2.75, 3.05) is 11.9 Å². The highest BCUT2D eigenvalue weighted by atomic mass is 32.1. The third-order valence-corrected chi connectivity index (χ3v) is 3.54. The molecule has 0 aliphatic carbocycles. The Bertz CT molecular complexity index is 647. The molecule has 0 saturated heterocycles. The average molecular weight is 301 g/mol. The zero-order chi connectivity index (χ0) is 15.1. The third-order valence-electron chi connectivity index (χ3n) is 2.66. The number of thiophene rings is 1. The van der Waals surface area contributed by atoms with Gasteiger partial charge in [-0.1, -0.05) is 18.2 Å². The Labute approximate surface area is 127 Å². The molecule has 0 saturated carbocycles. The van der Waals surface area contributed by atoms with Gasteiger partial charge >= 0.3 is 5.97 Å². The van der Waals surface area contributed by atoms with Crippen molar-refractivity contribution >= 4 is 28.8 Å². The minimum absolute atomic E-state index is 0.0777. The summed E-state index contributed by atoms with van der Waals surface area (Å²) in [5.74, 6) is -0.468. The Morgan fingerprint density at radius 1 is 1.24 bits per heavy atom. The molecule has 0 fully saturated rings. The molecule has 1 aromatic heterocycles. The highest BCUT2D eigenvalue weighted by molar-refractivity contribution is 7.12. The summed E-state index contributed by atoms with van der Waals surface area (Å²) in [5.41, 5.74) is 1.04. The SMILES string of the molecule is CCOC(=O)c1ccccc1NC=CC(=O)c1cccs1. The fourth-order valence-electron chi connectivity index (χ4n) is 1.70. The summed E-state index contributed by atoms with van der Waals surface area (Å²) in [6, 6.07) is 10.6. The van der Waals surface area contributed by atoms with Crippen LogP contribution in [0.15, 0.2) is 54.1 Å². The molecule has 0 spiro atoms. The standard InChI is InChI=1S/C16H15NO3S/c1-2-20-16(19)12-6-3-4-7-13(12)17-10-9-14(18)15-8-5-11-21-15/h3-11,17H,2H2,1H3. The van der Waals surface area contributed by atoms with E-state index < -0.39 is 5.97 Å². The van der Waals surface area contributed by atoms with E-state index in [2.05, 4.69) is 5.32 Å². The molecule has 108 valence electrons. The number of ether oxygens (including phenoxy) is 1. The number of rotatable bonds is 6. The van der Waals surface area contributed by atoms with Gasteiger partial charge < -0.3 is 10.1 Å². The molecule has 5 heteroatoms. The van der Waals surface area contributed by atoms with Crippen molar-refractivity contribution < 1.29 is 14.3 Å². The van der Waals surface area contributed by atoms with Gasteiger partial charge in [0.1, 0.15) is 0 Å². The molecule has 0 atom stereocenters. The zero-order valence-corrected chi connectivity index (χ0v) is 12.4. The maximum atomic E-state index is 11.8. The number of esters is 1. The molecule has 0 unspecified atom stereocenters. The number of nitrogens with one attached hydrogen (secondary N) is 1. The van der Waals surface area contributed by atoms with Gasteiger partial charge in [-0.3, -0.25) is 4.79 Å². The van der Waals surface area contributed by atoms with Crippen molar-refractivity contribution in [1.29, 1.82) is 0 Å². The van der Waals surface area contributed by atoms with Crippen LogP contribution in [0.25, 0.3) is 0 Å². The molecule has 0 radical (unpaired) electrons. The molecule has 4 nitrogen and oxygen atoms in total. The van der Waals surface area contributed by atoms with Gasteiger partial charge in [0.25, 0.3) is 0 Å². The highest BCUT2D eigenvalue weighted by Crippen LogP contribution is 2.16. The largest absolute Gasteiger partial charge is 0.462 e. The topological polar surface area (TPSA) is 55.4 Å². The fourth-order valence-corrected chi connectivity index (χ4v) is 2.35. The van der Waals surface area contributed by atoms with Gasteiger partial charge in [0.15, 0.2) is 5.78 Å². The monoisotopic (exact) mass is 301 g/mol. The lowest BCUT2D eigenvalue weighted by molar-refractivity contribution is 0.0527. The molecule has 1 N–H and O–H groups in total. The number of hydrogen-bond acceptors (Lipinski definition) is 5. The van der Waals surface area contributed by atoms with Crippen molar-refractivity contribution in [3.8, 4) is 0 Å². The first-order valence-electron chi connectivity index (χ1n) is 6.49. The predicted octanol–water partition coefficient (Wildman–Crippen LogP) is 3.73. The number of allylic oxidation sites excluding steroid dienone is 1. The zero-order valence-electron chi connectivity index (χ0n) is 11.5. The number of para-hydroxylation sites is 1. The Kier molecular flexibility index (Phi) is 5.29. The fraction of sp³-hybridized carbons (Fsp3) is 0.125. The number of ketones is 1. The van der Waals surface area contributed by atoms with Crippen LogP contribution in [0, 0.1) is 0 Å². The van der Waals surface area contributed by atoms with Crippen LogP contribution in [0.4, 0.5) is 5.69 Å². The summed E-state index contributed by atoms with van der Waals surface area (Å²) >= 11 is 1.39. The Balaban J connectivity index is 2.06. The van der Waals surface area contributed by atoms with Crippen molar-refractivity contribution in [2.24, 2.45) is 0 Å². The minimum Gasteiger partial charge on any atom is -0.462 e. The molecule has 1 heterocycles. The Hall–Kier alpha value is -2.40. The third kappa shape index (κ3) is 4.03. The van der Waals surface area contributed by atoms with E-state index in [0.29, 0.717) is 22.7 Å². The lowest BCUT2D eigenvalue weighted by Crippen LogP contribution is -2.07. The van der Waals surface area contributed by atoms with E-state index in [9.17, 15) is 9.59 Å². The Morgan fingerprint density at radius 3 is 2.76 bits per heavy atom. The minimum atomic E-state index is -0.390. The number of anilines is 1. The lowest BCUT2D eigenvalue weighted by atomic mass is 10.2. The second-order valence-corrected chi connectivity index (χ2v) is 5.03. The molecule has 0 aliphatic heterocycles. The van der Waals surface area contributed by atoms with Gasteiger partial charge in [0.05, 0.1) is 22.7 Å².